The summed E-state index contributed by atoms with van der Waals surface area (Å²) in [7, 11) is 2.16. The van der Waals surface area contributed by atoms with Gasteiger partial charge in [-0.1, -0.05) is 78.9 Å². The molecule has 2 heteroatoms. The van der Waals surface area contributed by atoms with Crippen molar-refractivity contribution in [3.05, 3.63) is 115 Å². The third-order valence-electron chi connectivity index (χ3n) is 6.94. The van der Waals surface area contributed by atoms with E-state index in [1.165, 1.54) is 60.4 Å². The summed E-state index contributed by atoms with van der Waals surface area (Å²) in [4.78, 5) is 0. The van der Waals surface area contributed by atoms with Gasteiger partial charge < -0.3 is 9.13 Å². The fourth-order valence-electron chi connectivity index (χ4n) is 5.44. The Morgan fingerprint density at radius 2 is 1.15 bits per heavy atom. The van der Waals surface area contributed by atoms with E-state index in [0.29, 0.717) is 0 Å². The van der Waals surface area contributed by atoms with Gasteiger partial charge in [0, 0.05) is 45.3 Å². The molecular weight excluding hydrogens is 400 g/mol. The maximum Gasteiger partial charge on any atom is 0.0547 e. The predicted octanol–water partition coefficient (Wildman–Crippen LogP) is 8.10. The number of hydrogen-bond acceptors (Lipinski definition) is 0. The summed E-state index contributed by atoms with van der Waals surface area (Å²) >= 11 is 0. The first-order valence-corrected chi connectivity index (χ1v) is 11.4. The molecule has 0 amide bonds. The van der Waals surface area contributed by atoms with E-state index in [4.69, 9.17) is 0 Å². The smallest absolute Gasteiger partial charge is 0.0547 e. The molecule has 7 rings (SSSR count). The number of para-hydroxylation sites is 3. The molecule has 0 bridgehead atoms. The summed E-state index contributed by atoms with van der Waals surface area (Å²) < 4.78 is 4.69. The van der Waals surface area contributed by atoms with Crippen molar-refractivity contribution in [2.24, 2.45) is 7.05 Å². The Labute approximate surface area is 191 Å². The zero-order chi connectivity index (χ0) is 21.9. The first-order chi connectivity index (χ1) is 16.3. The Morgan fingerprint density at radius 3 is 2.00 bits per heavy atom. The van der Waals surface area contributed by atoms with E-state index in [1.54, 1.807) is 0 Å². The van der Waals surface area contributed by atoms with Crippen molar-refractivity contribution >= 4 is 43.6 Å². The quantitative estimate of drug-likeness (QED) is 0.266. The van der Waals surface area contributed by atoms with Crippen LogP contribution in [0.3, 0.4) is 0 Å². The molecule has 0 atom stereocenters. The van der Waals surface area contributed by atoms with Crippen LogP contribution in [0.15, 0.2) is 115 Å². The highest BCUT2D eigenvalue weighted by Crippen LogP contribution is 2.39. The minimum Gasteiger partial charge on any atom is -0.344 e. The van der Waals surface area contributed by atoms with Crippen LogP contribution in [0.2, 0.25) is 0 Å². The molecule has 156 valence electrons. The van der Waals surface area contributed by atoms with E-state index in [-0.39, 0.29) is 0 Å². The van der Waals surface area contributed by atoms with Crippen LogP contribution in [-0.4, -0.2) is 9.13 Å². The number of hydrogen-bond donors (Lipinski definition) is 0. The lowest BCUT2D eigenvalue weighted by molar-refractivity contribution is 1.01. The standard InChI is InChI=1S/C31H22N2/c1-32-27-15-7-6-13-26(27)31-23(14-9-17-29(31)32)21-18-19-25-24-12-5-8-16-28(24)33(30(25)20-21)22-10-3-2-4-11-22/h2-20H,1H3. The first kappa shape index (κ1) is 18.3. The van der Waals surface area contributed by atoms with Gasteiger partial charge in [-0.2, -0.15) is 0 Å². The van der Waals surface area contributed by atoms with Crippen molar-refractivity contribution in [2.45, 2.75) is 0 Å². The van der Waals surface area contributed by atoms with Gasteiger partial charge in [-0.25, -0.2) is 0 Å². The van der Waals surface area contributed by atoms with Crippen molar-refractivity contribution in [1.82, 2.24) is 9.13 Å². The van der Waals surface area contributed by atoms with Crippen LogP contribution in [-0.2, 0) is 7.05 Å². The second-order valence-electron chi connectivity index (χ2n) is 8.70. The van der Waals surface area contributed by atoms with Crippen LogP contribution in [0.25, 0.3) is 60.4 Å². The van der Waals surface area contributed by atoms with E-state index in [0.717, 1.165) is 0 Å². The summed E-state index contributed by atoms with van der Waals surface area (Å²) in [5, 5.41) is 5.18. The van der Waals surface area contributed by atoms with Crippen LogP contribution in [0.1, 0.15) is 0 Å². The molecule has 0 saturated carbocycles. The summed E-state index contributed by atoms with van der Waals surface area (Å²) in [6.45, 7) is 0. The molecule has 5 aromatic carbocycles. The van der Waals surface area contributed by atoms with Crippen LogP contribution in [0, 0.1) is 0 Å². The van der Waals surface area contributed by atoms with Gasteiger partial charge in [0.25, 0.3) is 0 Å². The van der Waals surface area contributed by atoms with Crippen LogP contribution in [0.4, 0.5) is 0 Å². The van der Waals surface area contributed by atoms with E-state index in [1.807, 2.05) is 0 Å². The normalized spacial score (nSPS) is 11.8. The van der Waals surface area contributed by atoms with Crippen LogP contribution in [0.5, 0.6) is 0 Å². The van der Waals surface area contributed by atoms with E-state index < -0.39 is 0 Å². The number of nitrogens with zero attached hydrogens (tertiary/aromatic N) is 2. The van der Waals surface area contributed by atoms with Crippen LogP contribution >= 0.6 is 0 Å². The fraction of sp³-hybridized carbons (Fsp3) is 0.0323. The summed E-state index contributed by atoms with van der Waals surface area (Å²) in [6, 6.07) is 41.6. The number of fused-ring (bicyclic) bond motifs is 6. The second-order valence-corrected chi connectivity index (χ2v) is 8.70. The number of aryl methyl sites for hydroxylation is 1. The van der Waals surface area contributed by atoms with E-state index in [2.05, 4.69) is 131 Å². The highest BCUT2D eigenvalue weighted by atomic mass is 15.0. The molecule has 7 aromatic rings. The molecule has 2 nitrogen and oxygen atoms in total. The highest BCUT2D eigenvalue weighted by Gasteiger charge is 2.16. The predicted molar refractivity (Wildman–Crippen MR) is 140 cm³/mol. The molecule has 2 heterocycles. The average molecular weight is 423 g/mol. The SMILES string of the molecule is Cn1c2ccccc2c2c(-c3ccc4c5ccccc5n(-c5ccccc5)c4c3)cccc21. The molecule has 0 aliphatic heterocycles. The number of benzene rings is 5. The molecule has 0 N–H and O–H groups in total. The minimum atomic E-state index is 1.18. The molecule has 0 aliphatic carbocycles. The monoisotopic (exact) mass is 422 g/mol. The first-order valence-electron chi connectivity index (χ1n) is 11.4. The Balaban J connectivity index is 1.59. The number of aromatic nitrogens is 2. The molecule has 0 spiro atoms. The van der Waals surface area contributed by atoms with Gasteiger partial charge in [-0.05, 0) is 47.5 Å². The van der Waals surface area contributed by atoms with Crippen molar-refractivity contribution in [3.8, 4) is 16.8 Å². The summed E-state index contributed by atoms with van der Waals surface area (Å²) in [6.07, 6.45) is 0. The Hall–Kier alpha value is -4.30. The number of rotatable bonds is 2. The third kappa shape index (κ3) is 2.55. The third-order valence-corrected chi connectivity index (χ3v) is 6.94. The lowest BCUT2D eigenvalue weighted by Gasteiger charge is -2.10. The van der Waals surface area contributed by atoms with E-state index >= 15 is 0 Å². The average Bonchev–Trinajstić information content (AvgIpc) is 3.37. The Kier molecular flexibility index (Phi) is 3.80. The maximum absolute atomic E-state index is 2.39. The lowest BCUT2D eigenvalue weighted by Crippen LogP contribution is -1.93. The van der Waals surface area contributed by atoms with Crippen molar-refractivity contribution < 1.29 is 0 Å². The zero-order valence-corrected chi connectivity index (χ0v) is 18.4. The van der Waals surface area contributed by atoms with Crippen molar-refractivity contribution in [2.75, 3.05) is 0 Å². The zero-order valence-electron chi connectivity index (χ0n) is 18.4. The molecule has 0 saturated heterocycles. The minimum absolute atomic E-state index is 1.18. The van der Waals surface area contributed by atoms with Gasteiger partial charge in [-0.3, -0.25) is 0 Å². The Morgan fingerprint density at radius 1 is 0.485 bits per heavy atom. The van der Waals surface area contributed by atoms with Gasteiger partial charge in [-0.15, -0.1) is 0 Å². The van der Waals surface area contributed by atoms with Gasteiger partial charge in [0.1, 0.15) is 0 Å². The Bertz CT molecular complexity index is 1820. The molecule has 2 aromatic heterocycles. The van der Waals surface area contributed by atoms with Gasteiger partial charge >= 0.3 is 0 Å². The van der Waals surface area contributed by atoms with Crippen molar-refractivity contribution in [3.63, 3.8) is 0 Å². The van der Waals surface area contributed by atoms with Gasteiger partial charge in [0.2, 0.25) is 0 Å². The highest BCUT2D eigenvalue weighted by molar-refractivity contribution is 6.16. The molecule has 0 aliphatic rings. The van der Waals surface area contributed by atoms with Gasteiger partial charge in [0.15, 0.2) is 0 Å². The van der Waals surface area contributed by atoms with E-state index in [9.17, 15) is 0 Å². The molecule has 0 unspecified atom stereocenters. The summed E-state index contributed by atoms with van der Waals surface area (Å²) in [5.74, 6) is 0. The molecule has 0 fully saturated rings. The van der Waals surface area contributed by atoms with Gasteiger partial charge in [0.05, 0.1) is 11.0 Å². The fourth-order valence-corrected chi connectivity index (χ4v) is 5.44. The van der Waals surface area contributed by atoms with Crippen molar-refractivity contribution in [1.29, 1.82) is 0 Å². The largest absolute Gasteiger partial charge is 0.344 e. The molecular formula is C31H22N2. The second kappa shape index (κ2) is 6.85. The molecule has 33 heavy (non-hydrogen) atoms. The van der Waals surface area contributed by atoms with Crippen LogP contribution < -0.4 is 0 Å². The lowest BCUT2D eigenvalue weighted by atomic mass is 9.98. The maximum atomic E-state index is 2.39. The summed E-state index contributed by atoms with van der Waals surface area (Å²) in [5.41, 5.74) is 8.69. The molecule has 0 radical (unpaired) electrons. The topological polar surface area (TPSA) is 9.86 Å².